The second kappa shape index (κ2) is 16.7. The number of carbonyl (C=O) groups is 2. The molecule has 0 bridgehead atoms. The Labute approximate surface area is 277 Å². The number of ether oxygens (including phenoxy) is 1. The van der Waals surface area contributed by atoms with Crippen molar-refractivity contribution < 1.29 is 27.1 Å². The van der Waals surface area contributed by atoms with Crippen LogP contribution in [0.5, 0.6) is 5.75 Å². The van der Waals surface area contributed by atoms with Crippen LogP contribution in [0.15, 0.2) is 108 Å². The van der Waals surface area contributed by atoms with E-state index in [1.54, 1.807) is 48.5 Å². The molecule has 0 saturated carbocycles. The highest BCUT2D eigenvalue weighted by Gasteiger charge is 2.34. The maximum Gasteiger partial charge on any atom is 0.264 e. The van der Waals surface area contributed by atoms with E-state index in [1.165, 1.54) is 29.2 Å². The molecule has 1 N–H and O–H groups in total. The van der Waals surface area contributed by atoms with E-state index in [0.717, 1.165) is 28.3 Å². The second-order valence-corrected chi connectivity index (χ2v) is 13.1. The van der Waals surface area contributed by atoms with Crippen LogP contribution < -0.4 is 14.4 Å². The number of amides is 2. The molecule has 0 saturated heterocycles. The molecule has 0 radical (unpaired) electrons. The highest BCUT2D eigenvalue weighted by atomic mass is 32.2. The molecular formula is C37H42FN3O5S. The molecule has 0 aliphatic rings. The molecule has 248 valence electrons. The topological polar surface area (TPSA) is 96.0 Å². The minimum absolute atomic E-state index is 0.0213. The molecule has 2 amide bonds. The molecule has 0 unspecified atom stereocenters. The number of aryl methyl sites for hydroxylation is 1. The van der Waals surface area contributed by atoms with Crippen LogP contribution in [-0.4, -0.2) is 50.9 Å². The SMILES string of the molecule is CCCCNC(=O)[C@H](Cc1ccccc1)N(Cc1ccc(F)cc1)C(=O)CN(c1ccc(OCC)cc1)S(=O)(=O)c1ccc(C)cc1. The fourth-order valence-corrected chi connectivity index (χ4v) is 6.50. The van der Waals surface area contributed by atoms with E-state index in [0.29, 0.717) is 24.5 Å². The van der Waals surface area contributed by atoms with Crippen molar-refractivity contribution in [1.82, 2.24) is 10.2 Å². The summed E-state index contributed by atoms with van der Waals surface area (Å²) in [4.78, 5) is 29.7. The van der Waals surface area contributed by atoms with Crippen LogP contribution in [0.1, 0.15) is 43.4 Å². The fraction of sp³-hybridized carbons (Fsp3) is 0.297. The largest absolute Gasteiger partial charge is 0.494 e. The van der Waals surface area contributed by atoms with Gasteiger partial charge in [-0.2, -0.15) is 0 Å². The van der Waals surface area contributed by atoms with Gasteiger partial charge in [-0.05, 0) is 79.9 Å². The van der Waals surface area contributed by atoms with Crippen molar-refractivity contribution >= 4 is 27.5 Å². The predicted octanol–water partition coefficient (Wildman–Crippen LogP) is 6.28. The maximum absolute atomic E-state index is 14.5. The lowest BCUT2D eigenvalue weighted by atomic mass is 10.0. The van der Waals surface area contributed by atoms with Gasteiger partial charge >= 0.3 is 0 Å². The minimum atomic E-state index is -4.23. The summed E-state index contributed by atoms with van der Waals surface area (Å²) in [5.41, 5.74) is 2.57. The smallest absolute Gasteiger partial charge is 0.264 e. The molecule has 8 nitrogen and oxygen atoms in total. The average molecular weight is 660 g/mol. The number of rotatable bonds is 16. The Hall–Kier alpha value is -4.70. The first kappa shape index (κ1) is 35.2. The minimum Gasteiger partial charge on any atom is -0.494 e. The van der Waals surface area contributed by atoms with Crippen molar-refractivity contribution in [3.8, 4) is 5.75 Å². The quantitative estimate of drug-likeness (QED) is 0.143. The van der Waals surface area contributed by atoms with Gasteiger partial charge in [-0.1, -0.05) is 73.5 Å². The van der Waals surface area contributed by atoms with Gasteiger partial charge in [0.25, 0.3) is 10.0 Å². The monoisotopic (exact) mass is 659 g/mol. The number of sulfonamides is 1. The number of halogens is 1. The average Bonchev–Trinajstić information content (AvgIpc) is 3.07. The molecular weight excluding hydrogens is 617 g/mol. The third-order valence-corrected chi connectivity index (χ3v) is 9.48. The molecule has 1 atom stereocenters. The zero-order chi connectivity index (χ0) is 33.8. The molecule has 4 aromatic rings. The number of hydrogen-bond acceptors (Lipinski definition) is 5. The highest BCUT2D eigenvalue weighted by Crippen LogP contribution is 2.27. The van der Waals surface area contributed by atoms with Gasteiger partial charge in [0.2, 0.25) is 11.8 Å². The second-order valence-electron chi connectivity index (χ2n) is 11.2. The van der Waals surface area contributed by atoms with Gasteiger partial charge in [-0.25, -0.2) is 12.8 Å². The molecule has 10 heteroatoms. The summed E-state index contributed by atoms with van der Waals surface area (Å²) < 4.78 is 48.8. The van der Waals surface area contributed by atoms with Crippen LogP contribution in [0, 0.1) is 12.7 Å². The Morgan fingerprint density at radius 1 is 0.851 bits per heavy atom. The van der Waals surface area contributed by atoms with Gasteiger partial charge in [0.05, 0.1) is 17.2 Å². The Bertz CT molecular complexity index is 1700. The molecule has 0 aliphatic heterocycles. The fourth-order valence-electron chi connectivity index (χ4n) is 5.09. The van der Waals surface area contributed by atoms with Gasteiger partial charge < -0.3 is 15.0 Å². The van der Waals surface area contributed by atoms with Crippen LogP contribution >= 0.6 is 0 Å². The normalized spacial score (nSPS) is 11.8. The lowest BCUT2D eigenvalue weighted by Crippen LogP contribution is -2.53. The van der Waals surface area contributed by atoms with Crippen LogP contribution in [0.3, 0.4) is 0 Å². The molecule has 0 fully saturated rings. The van der Waals surface area contributed by atoms with Crippen molar-refractivity contribution in [2.24, 2.45) is 0 Å². The molecule has 0 heterocycles. The summed E-state index contributed by atoms with van der Waals surface area (Å²) in [6.07, 6.45) is 1.82. The van der Waals surface area contributed by atoms with E-state index in [2.05, 4.69) is 5.32 Å². The lowest BCUT2D eigenvalue weighted by Gasteiger charge is -2.34. The Morgan fingerprint density at radius 2 is 1.51 bits per heavy atom. The van der Waals surface area contributed by atoms with E-state index in [4.69, 9.17) is 4.74 Å². The summed E-state index contributed by atoms with van der Waals surface area (Å²) in [6, 6.07) is 26.9. The molecule has 4 rings (SSSR count). The summed E-state index contributed by atoms with van der Waals surface area (Å²) in [5, 5.41) is 2.96. The van der Waals surface area contributed by atoms with Crippen molar-refractivity contribution in [3.05, 3.63) is 126 Å². The van der Waals surface area contributed by atoms with Crippen molar-refractivity contribution in [3.63, 3.8) is 0 Å². The van der Waals surface area contributed by atoms with Crippen molar-refractivity contribution in [2.75, 3.05) is 24.0 Å². The van der Waals surface area contributed by atoms with Crippen LogP contribution in [0.25, 0.3) is 0 Å². The van der Waals surface area contributed by atoms with Crippen LogP contribution in [0.2, 0.25) is 0 Å². The molecule has 0 spiro atoms. The maximum atomic E-state index is 14.5. The lowest BCUT2D eigenvalue weighted by molar-refractivity contribution is -0.140. The van der Waals surface area contributed by atoms with Crippen LogP contribution in [-0.2, 0) is 32.6 Å². The standard InChI is InChI=1S/C37H42FN3O5S/c1-4-6-24-39-37(43)35(25-29-10-8-7-9-11-29)40(26-30-14-16-31(38)17-15-30)36(42)27-41(32-18-20-33(21-19-32)46-5-2)47(44,45)34-22-12-28(3)13-23-34/h7-23,35H,4-6,24-27H2,1-3H3,(H,39,43)/t35-/m0/s1. The third kappa shape index (κ3) is 9.65. The first-order valence-electron chi connectivity index (χ1n) is 15.8. The third-order valence-electron chi connectivity index (χ3n) is 7.69. The molecule has 0 aliphatic carbocycles. The number of unbranched alkanes of at least 4 members (excludes halogenated alkanes) is 1. The number of benzene rings is 4. The Balaban J connectivity index is 1.78. The highest BCUT2D eigenvalue weighted by molar-refractivity contribution is 7.92. The van der Waals surface area contributed by atoms with E-state index >= 15 is 0 Å². The summed E-state index contributed by atoms with van der Waals surface area (Å²) in [7, 11) is -4.23. The number of anilines is 1. The summed E-state index contributed by atoms with van der Waals surface area (Å²) in [6.45, 7) is 5.96. The van der Waals surface area contributed by atoms with Gasteiger partial charge in [0.1, 0.15) is 24.2 Å². The first-order chi connectivity index (χ1) is 22.6. The van der Waals surface area contributed by atoms with Gasteiger partial charge in [0.15, 0.2) is 0 Å². The summed E-state index contributed by atoms with van der Waals surface area (Å²) >= 11 is 0. The Kier molecular flexibility index (Phi) is 12.5. The first-order valence-corrected chi connectivity index (χ1v) is 17.2. The zero-order valence-electron chi connectivity index (χ0n) is 27.1. The van der Waals surface area contributed by atoms with E-state index in [-0.39, 0.29) is 29.5 Å². The van der Waals surface area contributed by atoms with E-state index < -0.39 is 34.3 Å². The van der Waals surface area contributed by atoms with Crippen LogP contribution in [0.4, 0.5) is 10.1 Å². The number of hydrogen-bond donors (Lipinski definition) is 1. The molecule has 0 aromatic heterocycles. The van der Waals surface area contributed by atoms with Gasteiger partial charge in [-0.3, -0.25) is 13.9 Å². The predicted molar refractivity (Wildman–Crippen MR) is 182 cm³/mol. The van der Waals surface area contributed by atoms with E-state index in [9.17, 15) is 22.4 Å². The van der Waals surface area contributed by atoms with Gasteiger partial charge in [-0.15, -0.1) is 0 Å². The Morgan fingerprint density at radius 3 is 2.13 bits per heavy atom. The van der Waals surface area contributed by atoms with E-state index in [1.807, 2.05) is 51.1 Å². The number of nitrogens with zero attached hydrogens (tertiary/aromatic N) is 2. The zero-order valence-corrected chi connectivity index (χ0v) is 27.9. The molecule has 47 heavy (non-hydrogen) atoms. The summed E-state index contributed by atoms with van der Waals surface area (Å²) in [5.74, 6) is -0.826. The van der Waals surface area contributed by atoms with Gasteiger partial charge in [0, 0.05) is 19.5 Å². The molecule has 4 aromatic carbocycles. The van der Waals surface area contributed by atoms with Crippen molar-refractivity contribution in [2.45, 2.75) is 57.5 Å². The van der Waals surface area contributed by atoms with Crippen molar-refractivity contribution in [1.29, 1.82) is 0 Å². The number of carbonyl (C=O) groups excluding carboxylic acids is 2. The number of nitrogens with one attached hydrogen (secondary N) is 1.